The Bertz CT molecular complexity index is 467. The predicted molar refractivity (Wildman–Crippen MR) is 87.2 cm³/mol. The van der Waals surface area contributed by atoms with Gasteiger partial charge in [0.15, 0.2) is 0 Å². The van der Waals surface area contributed by atoms with Gasteiger partial charge in [0.05, 0.1) is 0 Å². The maximum Gasteiger partial charge on any atom is 0.223 e. The Morgan fingerprint density at radius 1 is 1.33 bits per heavy atom. The molecular formula is C18H28N2O. The molecular weight excluding hydrogens is 260 g/mol. The van der Waals surface area contributed by atoms with Crippen LogP contribution in [-0.2, 0) is 11.2 Å². The maximum absolute atomic E-state index is 12.4. The Morgan fingerprint density at radius 2 is 2.00 bits per heavy atom. The Labute approximate surface area is 128 Å². The van der Waals surface area contributed by atoms with Crippen LogP contribution in [0.2, 0.25) is 0 Å². The minimum absolute atomic E-state index is 0.270. The van der Waals surface area contributed by atoms with Gasteiger partial charge < -0.3 is 10.6 Å². The monoisotopic (exact) mass is 288 g/mol. The number of carbonyl (C=O) groups is 1. The fourth-order valence-electron chi connectivity index (χ4n) is 3.12. The standard InChI is InChI=1S/C18H28N2O/c1-13(2)17-7-4-15(5-8-17)6-9-18(21)20-12-16(11-19)10-14(20)3/h4-5,7-8,13-14,16H,6,9-12,19H2,1-3H3. The lowest BCUT2D eigenvalue weighted by molar-refractivity contribution is -0.131. The van der Waals surface area contributed by atoms with Crippen molar-refractivity contribution in [2.45, 2.75) is 52.0 Å². The smallest absolute Gasteiger partial charge is 0.223 e. The van der Waals surface area contributed by atoms with Crippen LogP contribution in [0.25, 0.3) is 0 Å². The SMILES string of the molecule is CC(C)c1ccc(CCC(=O)N2CC(CN)CC2C)cc1. The molecule has 1 aliphatic rings. The van der Waals surface area contributed by atoms with Gasteiger partial charge in [-0.25, -0.2) is 0 Å². The van der Waals surface area contributed by atoms with E-state index >= 15 is 0 Å². The number of carbonyl (C=O) groups excluding carboxylic acids is 1. The summed E-state index contributed by atoms with van der Waals surface area (Å²) < 4.78 is 0. The van der Waals surface area contributed by atoms with Gasteiger partial charge in [-0.15, -0.1) is 0 Å². The van der Waals surface area contributed by atoms with E-state index in [9.17, 15) is 4.79 Å². The quantitative estimate of drug-likeness (QED) is 0.905. The van der Waals surface area contributed by atoms with E-state index < -0.39 is 0 Å². The summed E-state index contributed by atoms with van der Waals surface area (Å²) in [5.41, 5.74) is 8.32. The number of aryl methyl sites for hydroxylation is 1. The number of likely N-dealkylation sites (tertiary alicyclic amines) is 1. The normalized spacial score (nSPS) is 22.0. The summed E-state index contributed by atoms with van der Waals surface area (Å²) in [5, 5.41) is 0. The van der Waals surface area contributed by atoms with Crippen molar-refractivity contribution < 1.29 is 4.79 Å². The van der Waals surface area contributed by atoms with Crippen molar-refractivity contribution in [1.82, 2.24) is 4.90 Å². The van der Waals surface area contributed by atoms with Gasteiger partial charge in [-0.1, -0.05) is 38.1 Å². The second kappa shape index (κ2) is 7.08. The molecule has 0 radical (unpaired) electrons. The molecule has 1 heterocycles. The van der Waals surface area contributed by atoms with Crippen LogP contribution in [0.5, 0.6) is 0 Å². The van der Waals surface area contributed by atoms with Gasteiger partial charge in [-0.05, 0) is 49.3 Å². The summed E-state index contributed by atoms with van der Waals surface area (Å²) >= 11 is 0. The number of hydrogen-bond donors (Lipinski definition) is 1. The summed E-state index contributed by atoms with van der Waals surface area (Å²) in [6.07, 6.45) is 2.47. The predicted octanol–water partition coefficient (Wildman–Crippen LogP) is 2.94. The Balaban J connectivity index is 1.86. The van der Waals surface area contributed by atoms with Crippen LogP contribution in [0.15, 0.2) is 24.3 Å². The molecule has 0 saturated carbocycles. The van der Waals surface area contributed by atoms with Crippen molar-refractivity contribution >= 4 is 5.91 Å². The zero-order valence-electron chi connectivity index (χ0n) is 13.5. The lowest BCUT2D eigenvalue weighted by Crippen LogP contribution is -2.34. The molecule has 3 nitrogen and oxygen atoms in total. The molecule has 3 heteroatoms. The van der Waals surface area contributed by atoms with Crippen molar-refractivity contribution in [2.75, 3.05) is 13.1 Å². The summed E-state index contributed by atoms with van der Waals surface area (Å²) in [6, 6.07) is 8.99. The highest BCUT2D eigenvalue weighted by Crippen LogP contribution is 2.23. The second-order valence-electron chi connectivity index (χ2n) is 6.63. The van der Waals surface area contributed by atoms with Crippen LogP contribution in [0.1, 0.15) is 50.7 Å². The van der Waals surface area contributed by atoms with Gasteiger partial charge in [0.2, 0.25) is 5.91 Å². The number of nitrogens with two attached hydrogens (primary N) is 1. The number of hydrogen-bond acceptors (Lipinski definition) is 2. The van der Waals surface area contributed by atoms with E-state index in [-0.39, 0.29) is 5.91 Å². The fraction of sp³-hybridized carbons (Fsp3) is 0.611. The Morgan fingerprint density at radius 3 is 2.52 bits per heavy atom. The average molecular weight is 288 g/mol. The van der Waals surface area contributed by atoms with Crippen LogP contribution in [-0.4, -0.2) is 29.9 Å². The van der Waals surface area contributed by atoms with Crippen LogP contribution in [0.4, 0.5) is 0 Å². The third kappa shape index (κ3) is 4.07. The molecule has 1 aromatic rings. The first-order valence-electron chi connectivity index (χ1n) is 8.09. The van der Waals surface area contributed by atoms with Gasteiger partial charge in [-0.2, -0.15) is 0 Å². The highest BCUT2D eigenvalue weighted by atomic mass is 16.2. The van der Waals surface area contributed by atoms with Crippen LogP contribution >= 0.6 is 0 Å². The summed E-state index contributed by atoms with van der Waals surface area (Å²) in [4.78, 5) is 14.4. The lowest BCUT2D eigenvalue weighted by Gasteiger charge is -2.21. The molecule has 1 fully saturated rings. The summed E-state index contributed by atoms with van der Waals surface area (Å²) in [6.45, 7) is 8.04. The van der Waals surface area contributed by atoms with Gasteiger partial charge in [0.25, 0.3) is 0 Å². The average Bonchev–Trinajstić information content (AvgIpc) is 2.86. The molecule has 1 aliphatic heterocycles. The van der Waals surface area contributed by atoms with Gasteiger partial charge >= 0.3 is 0 Å². The third-order valence-electron chi connectivity index (χ3n) is 4.59. The van der Waals surface area contributed by atoms with Crippen LogP contribution in [0, 0.1) is 5.92 Å². The Kier molecular flexibility index (Phi) is 5.40. The number of benzene rings is 1. The number of amides is 1. The molecule has 1 amide bonds. The van der Waals surface area contributed by atoms with Gasteiger partial charge in [0.1, 0.15) is 0 Å². The van der Waals surface area contributed by atoms with E-state index in [2.05, 4.69) is 45.0 Å². The highest BCUT2D eigenvalue weighted by Gasteiger charge is 2.30. The molecule has 0 bridgehead atoms. The van der Waals surface area contributed by atoms with E-state index in [4.69, 9.17) is 5.73 Å². The minimum atomic E-state index is 0.270. The minimum Gasteiger partial charge on any atom is -0.340 e. The van der Waals surface area contributed by atoms with E-state index in [0.717, 1.165) is 19.4 Å². The molecule has 0 spiro atoms. The van der Waals surface area contributed by atoms with Crippen molar-refractivity contribution in [3.05, 3.63) is 35.4 Å². The van der Waals surface area contributed by atoms with Crippen molar-refractivity contribution in [3.63, 3.8) is 0 Å². The molecule has 1 saturated heterocycles. The molecule has 21 heavy (non-hydrogen) atoms. The molecule has 0 aliphatic carbocycles. The van der Waals surface area contributed by atoms with Crippen LogP contribution in [0.3, 0.4) is 0 Å². The van der Waals surface area contributed by atoms with Crippen molar-refractivity contribution in [3.8, 4) is 0 Å². The highest BCUT2D eigenvalue weighted by molar-refractivity contribution is 5.77. The zero-order chi connectivity index (χ0) is 15.4. The fourth-order valence-corrected chi connectivity index (χ4v) is 3.12. The first-order valence-corrected chi connectivity index (χ1v) is 8.09. The Hall–Kier alpha value is -1.35. The second-order valence-corrected chi connectivity index (χ2v) is 6.63. The number of nitrogens with zero attached hydrogens (tertiary/aromatic N) is 1. The first-order chi connectivity index (χ1) is 10.0. The van der Waals surface area contributed by atoms with Crippen LogP contribution < -0.4 is 5.73 Å². The lowest BCUT2D eigenvalue weighted by atomic mass is 10.00. The van der Waals surface area contributed by atoms with E-state index in [1.807, 2.05) is 4.90 Å². The molecule has 2 N–H and O–H groups in total. The largest absolute Gasteiger partial charge is 0.340 e. The summed E-state index contributed by atoms with van der Waals surface area (Å²) in [7, 11) is 0. The molecule has 2 unspecified atom stereocenters. The molecule has 116 valence electrons. The van der Waals surface area contributed by atoms with Gasteiger partial charge in [0, 0.05) is 19.0 Å². The van der Waals surface area contributed by atoms with E-state index in [0.29, 0.717) is 30.8 Å². The van der Waals surface area contributed by atoms with E-state index in [1.54, 1.807) is 0 Å². The van der Waals surface area contributed by atoms with E-state index in [1.165, 1.54) is 11.1 Å². The zero-order valence-corrected chi connectivity index (χ0v) is 13.5. The molecule has 2 rings (SSSR count). The molecule has 2 atom stereocenters. The first kappa shape index (κ1) is 16.0. The molecule has 0 aromatic heterocycles. The maximum atomic E-state index is 12.4. The van der Waals surface area contributed by atoms with Crippen molar-refractivity contribution in [1.29, 1.82) is 0 Å². The van der Waals surface area contributed by atoms with Gasteiger partial charge in [-0.3, -0.25) is 4.79 Å². The van der Waals surface area contributed by atoms with Crippen molar-refractivity contribution in [2.24, 2.45) is 11.7 Å². The topological polar surface area (TPSA) is 46.3 Å². The number of rotatable bonds is 5. The summed E-state index contributed by atoms with van der Waals surface area (Å²) in [5.74, 6) is 1.31. The third-order valence-corrected chi connectivity index (χ3v) is 4.59. The molecule has 1 aromatic carbocycles.